The van der Waals surface area contributed by atoms with Gasteiger partial charge in [0.15, 0.2) is 4.33 Å². The fourth-order valence-electron chi connectivity index (χ4n) is 0.604. The molecule has 0 saturated heterocycles. The van der Waals surface area contributed by atoms with Crippen molar-refractivity contribution in [3.8, 4) is 0 Å². The second-order valence-corrected chi connectivity index (χ2v) is 4.17. The van der Waals surface area contributed by atoms with Gasteiger partial charge in [-0.3, -0.25) is 4.79 Å². The highest BCUT2D eigenvalue weighted by molar-refractivity contribution is 6.58. The monoisotopic (exact) mass is 219 g/mol. The maximum atomic E-state index is 11.2. The number of hydrogen-bond donors (Lipinski definition) is 1. The van der Waals surface area contributed by atoms with Gasteiger partial charge in [0.1, 0.15) is 6.33 Å². The summed E-state index contributed by atoms with van der Waals surface area (Å²) in [6.07, 6.45) is 4.26. The first-order chi connectivity index (χ1) is 6.00. The summed E-state index contributed by atoms with van der Waals surface area (Å²) in [5.74, 6) is -0.509. The molecule has 1 heterocycles. The van der Waals surface area contributed by atoms with Crippen LogP contribution < -0.4 is 5.32 Å². The Morgan fingerprint density at radius 1 is 1.46 bits per heavy atom. The normalized spacial score (nSPS) is 11.0. The second-order valence-electron chi connectivity index (χ2n) is 2.47. The van der Waals surface area contributed by atoms with Crippen molar-refractivity contribution in [2.45, 2.75) is 11.3 Å². The van der Waals surface area contributed by atoms with Crippen LogP contribution in [0.3, 0.4) is 0 Å². The van der Waals surface area contributed by atoms with Gasteiger partial charge < -0.3 is 5.32 Å². The first-order valence-corrected chi connectivity index (χ1v) is 4.20. The van der Waals surface area contributed by atoms with Gasteiger partial charge >= 0.3 is 0 Å². The first-order valence-electron chi connectivity index (χ1n) is 3.44. The predicted molar refractivity (Wildman–Crippen MR) is 50.8 cm³/mol. The molecule has 1 rings (SSSR count). The summed E-state index contributed by atoms with van der Waals surface area (Å²) < 4.78 is -1.45. The maximum absolute atomic E-state index is 11.2. The van der Waals surface area contributed by atoms with Crippen LogP contribution >= 0.6 is 23.2 Å². The zero-order chi connectivity index (χ0) is 9.90. The fraction of sp³-hybridized carbons (Fsp3) is 0.286. The van der Waals surface area contributed by atoms with Crippen molar-refractivity contribution in [1.29, 1.82) is 0 Å². The number of carbonyl (C=O) groups is 1. The number of nitrogens with zero attached hydrogens (tertiary/aromatic N) is 2. The van der Waals surface area contributed by atoms with Crippen molar-refractivity contribution < 1.29 is 4.79 Å². The second kappa shape index (κ2) is 3.89. The zero-order valence-electron chi connectivity index (χ0n) is 6.79. The van der Waals surface area contributed by atoms with E-state index in [1.165, 1.54) is 25.6 Å². The molecule has 1 aromatic heterocycles. The van der Waals surface area contributed by atoms with Gasteiger partial charge in [-0.05, 0) is 6.92 Å². The number of rotatable bonds is 2. The fourth-order valence-corrected chi connectivity index (χ4v) is 0.699. The van der Waals surface area contributed by atoms with Gasteiger partial charge in [-0.25, -0.2) is 9.97 Å². The summed E-state index contributed by atoms with van der Waals surface area (Å²) in [6, 6.07) is 0. The Labute approximate surface area is 85.3 Å². The van der Waals surface area contributed by atoms with Crippen LogP contribution in [-0.2, 0) is 4.79 Å². The Balaban J connectivity index is 2.66. The summed E-state index contributed by atoms with van der Waals surface area (Å²) in [5, 5.41) is 2.45. The van der Waals surface area contributed by atoms with Crippen LogP contribution in [0.1, 0.15) is 6.92 Å². The van der Waals surface area contributed by atoms with Crippen LogP contribution in [0.25, 0.3) is 0 Å². The van der Waals surface area contributed by atoms with E-state index in [1.54, 1.807) is 0 Å². The molecule has 1 aromatic rings. The third-order valence-electron chi connectivity index (χ3n) is 1.22. The molecule has 0 radical (unpaired) electrons. The summed E-state index contributed by atoms with van der Waals surface area (Å²) in [5.41, 5.74) is 0.458. The molecule has 0 unspecified atom stereocenters. The van der Waals surface area contributed by atoms with Gasteiger partial charge in [-0.15, -0.1) is 0 Å². The smallest absolute Gasteiger partial charge is 0.260 e. The average Bonchev–Trinajstić information content (AvgIpc) is 2.04. The van der Waals surface area contributed by atoms with E-state index in [0.29, 0.717) is 5.69 Å². The zero-order valence-corrected chi connectivity index (χ0v) is 8.30. The number of carbonyl (C=O) groups excluding carboxylic acids is 1. The average molecular weight is 220 g/mol. The molecule has 0 aliphatic heterocycles. The van der Waals surface area contributed by atoms with E-state index in [0.717, 1.165) is 0 Å². The highest BCUT2D eigenvalue weighted by Gasteiger charge is 2.27. The van der Waals surface area contributed by atoms with Crippen molar-refractivity contribution in [2.75, 3.05) is 5.32 Å². The molecule has 1 amide bonds. The largest absolute Gasteiger partial charge is 0.321 e. The van der Waals surface area contributed by atoms with Crippen LogP contribution in [0.4, 0.5) is 5.69 Å². The third kappa shape index (κ3) is 3.16. The SMILES string of the molecule is CC(Cl)(Cl)C(=O)Nc1cncnc1. The maximum Gasteiger partial charge on any atom is 0.260 e. The Morgan fingerprint density at radius 2 is 2.00 bits per heavy atom. The Hall–Kier alpha value is -0.870. The van der Waals surface area contributed by atoms with E-state index < -0.39 is 10.2 Å². The molecule has 0 spiro atoms. The van der Waals surface area contributed by atoms with E-state index in [2.05, 4.69) is 15.3 Å². The van der Waals surface area contributed by atoms with Crippen LogP contribution in [0, 0.1) is 0 Å². The standard InChI is InChI=1S/C7H7Cl2N3O/c1-7(8,9)6(13)12-5-2-10-4-11-3-5/h2-4H,1H3,(H,12,13). The van der Waals surface area contributed by atoms with E-state index in [-0.39, 0.29) is 0 Å². The van der Waals surface area contributed by atoms with Crippen molar-refractivity contribution in [1.82, 2.24) is 9.97 Å². The van der Waals surface area contributed by atoms with E-state index in [4.69, 9.17) is 23.2 Å². The summed E-state index contributed by atoms with van der Waals surface area (Å²) in [7, 11) is 0. The minimum Gasteiger partial charge on any atom is -0.321 e. The molecule has 70 valence electrons. The number of anilines is 1. The third-order valence-corrected chi connectivity index (χ3v) is 1.56. The highest BCUT2D eigenvalue weighted by atomic mass is 35.5. The number of hydrogen-bond acceptors (Lipinski definition) is 3. The minimum atomic E-state index is -1.45. The van der Waals surface area contributed by atoms with Crippen LogP contribution in [0.15, 0.2) is 18.7 Å². The van der Waals surface area contributed by atoms with Gasteiger partial charge in [0.25, 0.3) is 5.91 Å². The molecule has 0 aliphatic rings. The molecule has 0 aliphatic carbocycles. The van der Waals surface area contributed by atoms with Gasteiger partial charge in [0.05, 0.1) is 18.1 Å². The molecule has 6 heteroatoms. The Morgan fingerprint density at radius 3 is 2.46 bits per heavy atom. The summed E-state index contributed by atoms with van der Waals surface area (Å²) in [4.78, 5) is 18.6. The minimum absolute atomic E-state index is 0.458. The number of nitrogens with one attached hydrogen (secondary N) is 1. The van der Waals surface area contributed by atoms with Gasteiger partial charge in [0, 0.05) is 0 Å². The lowest BCUT2D eigenvalue weighted by Crippen LogP contribution is -2.29. The van der Waals surface area contributed by atoms with E-state index in [9.17, 15) is 4.79 Å². The molecule has 0 bridgehead atoms. The Bertz CT molecular complexity index is 296. The lowest BCUT2D eigenvalue weighted by molar-refractivity contribution is -0.116. The van der Waals surface area contributed by atoms with Crippen molar-refractivity contribution in [2.24, 2.45) is 0 Å². The molecule has 1 N–H and O–H groups in total. The molecular weight excluding hydrogens is 213 g/mol. The highest BCUT2D eigenvalue weighted by Crippen LogP contribution is 2.21. The lowest BCUT2D eigenvalue weighted by atomic mass is 10.4. The first kappa shape index (κ1) is 10.2. The molecule has 0 atom stereocenters. The van der Waals surface area contributed by atoms with Crippen molar-refractivity contribution in [3.63, 3.8) is 0 Å². The lowest BCUT2D eigenvalue weighted by Gasteiger charge is -2.12. The Kier molecular flexibility index (Phi) is 3.06. The molecule has 0 fully saturated rings. The molecular formula is C7H7Cl2N3O. The topological polar surface area (TPSA) is 54.9 Å². The number of amides is 1. The summed E-state index contributed by atoms with van der Waals surface area (Å²) >= 11 is 11.1. The van der Waals surface area contributed by atoms with Crippen LogP contribution in [0.2, 0.25) is 0 Å². The van der Waals surface area contributed by atoms with Gasteiger partial charge in [-0.1, -0.05) is 23.2 Å². The van der Waals surface area contributed by atoms with Crippen LogP contribution in [0.5, 0.6) is 0 Å². The van der Waals surface area contributed by atoms with Crippen molar-refractivity contribution in [3.05, 3.63) is 18.7 Å². The summed E-state index contributed by atoms with van der Waals surface area (Å²) in [6.45, 7) is 1.38. The number of aromatic nitrogens is 2. The molecule has 0 saturated carbocycles. The van der Waals surface area contributed by atoms with E-state index >= 15 is 0 Å². The van der Waals surface area contributed by atoms with Crippen molar-refractivity contribution >= 4 is 34.8 Å². The van der Waals surface area contributed by atoms with E-state index in [1.807, 2.05) is 0 Å². The number of alkyl halides is 2. The van der Waals surface area contributed by atoms with Gasteiger partial charge in [-0.2, -0.15) is 0 Å². The predicted octanol–water partition coefficient (Wildman–Crippen LogP) is 1.61. The quantitative estimate of drug-likeness (QED) is 0.770. The molecule has 0 aromatic carbocycles. The number of halogens is 2. The van der Waals surface area contributed by atoms with Crippen LogP contribution in [-0.4, -0.2) is 20.2 Å². The molecule has 13 heavy (non-hydrogen) atoms. The van der Waals surface area contributed by atoms with Gasteiger partial charge in [0.2, 0.25) is 0 Å². The molecule has 4 nitrogen and oxygen atoms in total.